The Bertz CT molecular complexity index is 213. The molecule has 0 aromatic heterocycles. The first-order valence-corrected chi connectivity index (χ1v) is 5.66. The first kappa shape index (κ1) is 12.5. The average Bonchev–Trinajstić information content (AvgIpc) is 2.86. The third-order valence-corrected chi connectivity index (χ3v) is 2.63. The van der Waals surface area contributed by atoms with E-state index in [4.69, 9.17) is 5.11 Å². The molecule has 1 saturated carbocycles. The lowest BCUT2D eigenvalue weighted by Crippen LogP contribution is -2.47. The van der Waals surface area contributed by atoms with Crippen LogP contribution in [0.3, 0.4) is 0 Å². The number of aliphatic hydroxyl groups is 1. The quantitative estimate of drug-likeness (QED) is 0.570. The highest BCUT2D eigenvalue weighted by Gasteiger charge is 2.22. The molecule has 0 saturated heterocycles. The zero-order valence-corrected chi connectivity index (χ0v) is 9.68. The topological polar surface area (TPSA) is 61.4 Å². The normalized spacial score (nSPS) is 16.5. The van der Waals surface area contributed by atoms with Gasteiger partial charge in [-0.15, -0.1) is 0 Å². The van der Waals surface area contributed by atoms with Crippen LogP contribution >= 0.6 is 0 Å². The molecule has 0 radical (unpaired) electrons. The van der Waals surface area contributed by atoms with Crippen LogP contribution in [-0.2, 0) is 4.79 Å². The number of aliphatic hydroxyl groups excluding tert-OH is 1. The Hall–Kier alpha value is -0.610. The van der Waals surface area contributed by atoms with E-state index in [9.17, 15) is 4.79 Å². The average molecular weight is 214 g/mol. The van der Waals surface area contributed by atoms with Crippen molar-refractivity contribution in [3.8, 4) is 0 Å². The zero-order valence-electron chi connectivity index (χ0n) is 9.68. The molecule has 1 fully saturated rings. The Morgan fingerprint density at radius 1 is 1.47 bits per heavy atom. The second-order valence-electron chi connectivity index (χ2n) is 4.98. The van der Waals surface area contributed by atoms with E-state index >= 15 is 0 Å². The maximum Gasteiger partial charge on any atom is 0.234 e. The number of carbonyl (C=O) groups is 1. The van der Waals surface area contributed by atoms with Gasteiger partial charge in [-0.05, 0) is 45.6 Å². The molecule has 0 atom stereocenters. The number of rotatable bonds is 7. The van der Waals surface area contributed by atoms with Gasteiger partial charge in [-0.1, -0.05) is 0 Å². The first-order valence-electron chi connectivity index (χ1n) is 5.66. The monoisotopic (exact) mass is 214 g/mol. The molecule has 3 N–H and O–H groups in total. The molecule has 0 aliphatic heterocycles. The van der Waals surface area contributed by atoms with Crippen LogP contribution in [0.4, 0.5) is 0 Å². The molecule has 1 aliphatic rings. The smallest absolute Gasteiger partial charge is 0.234 e. The van der Waals surface area contributed by atoms with Gasteiger partial charge in [-0.2, -0.15) is 0 Å². The molecule has 0 unspecified atom stereocenters. The highest BCUT2D eigenvalue weighted by Crippen LogP contribution is 2.27. The Morgan fingerprint density at radius 3 is 2.67 bits per heavy atom. The zero-order chi connectivity index (χ0) is 11.3. The van der Waals surface area contributed by atoms with Crippen LogP contribution in [0, 0.1) is 5.92 Å². The number of hydrogen-bond donors (Lipinski definition) is 3. The molecule has 4 nitrogen and oxygen atoms in total. The van der Waals surface area contributed by atoms with Crippen LogP contribution in [0.1, 0.15) is 33.1 Å². The van der Waals surface area contributed by atoms with Crippen LogP contribution in [-0.4, -0.2) is 36.2 Å². The number of hydrogen-bond acceptors (Lipinski definition) is 3. The SMILES string of the molecule is CC(C)(CCO)NC(=O)CNCC1CC1. The molecule has 0 aromatic rings. The third kappa shape index (κ3) is 5.74. The van der Waals surface area contributed by atoms with E-state index in [-0.39, 0.29) is 18.1 Å². The predicted octanol–water partition coefficient (Wildman–Crippen LogP) is 0.263. The van der Waals surface area contributed by atoms with Gasteiger partial charge in [-0.3, -0.25) is 4.79 Å². The van der Waals surface area contributed by atoms with Crippen molar-refractivity contribution in [2.75, 3.05) is 19.7 Å². The summed E-state index contributed by atoms with van der Waals surface area (Å²) in [5.74, 6) is 0.803. The predicted molar refractivity (Wildman–Crippen MR) is 59.5 cm³/mol. The van der Waals surface area contributed by atoms with Gasteiger partial charge in [0.1, 0.15) is 0 Å². The van der Waals surface area contributed by atoms with Crippen molar-refractivity contribution >= 4 is 5.91 Å². The van der Waals surface area contributed by atoms with Gasteiger partial charge in [-0.25, -0.2) is 0 Å². The molecule has 1 rings (SSSR count). The van der Waals surface area contributed by atoms with Gasteiger partial charge in [0.2, 0.25) is 5.91 Å². The van der Waals surface area contributed by atoms with E-state index in [2.05, 4.69) is 10.6 Å². The summed E-state index contributed by atoms with van der Waals surface area (Å²) in [4.78, 5) is 11.5. The van der Waals surface area contributed by atoms with Gasteiger partial charge < -0.3 is 15.7 Å². The lowest BCUT2D eigenvalue weighted by atomic mass is 10.0. The summed E-state index contributed by atoms with van der Waals surface area (Å²) in [6.07, 6.45) is 3.18. The Morgan fingerprint density at radius 2 is 2.13 bits per heavy atom. The van der Waals surface area contributed by atoms with Gasteiger partial charge in [0.25, 0.3) is 0 Å². The Balaban J connectivity index is 2.10. The minimum atomic E-state index is -0.312. The van der Waals surface area contributed by atoms with Crippen LogP contribution in [0.15, 0.2) is 0 Å². The van der Waals surface area contributed by atoms with Crippen LogP contribution in [0.5, 0.6) is 0 Å². The van der Waals surface area contributed by atoms with Gasteiger partial charge in [0.15, 0.2) is 0 Å². The summed E-state index contributed by atoms with van der Waals surface area (Å²) in [5.41, 5.74) is -0.312. The fourth-order valence-electron chi connectivity index (χ4n) is 1.48. The van der Waals surface area contributed by atoms with Gasteiger partial charge >= 0.3 is 0 Å². The molecule has 0 aromatic carbocycles. The van der Waals surface area contributed by atoms with Crippen molar-refractivity contribution < 1.29 is 9.90 Å². The molecular formula is C11H22N2O2. The molecule has 0 spiro atoms. The second-order valence-corrected chi connectivity index (χ2v) is 4.98. The summed E-state index contributed by atoms with van der Waals surface area (Å²) in [7, 11) is 0. The van der Waals surface area contributed by atoms with E-state index in [1.54, 1.807) is 0 Å². The van der Waals surface area contributed by atoms with Crippen molar-refractivity contribution in [1.82, 2.24) is 10.6 Å². The molecule has 88 valence electrons. The van der Waals surface area contributed by atoms with Crippen LogP contribution in [0.2, 0.25) is 0 Å². The Labute approximate surface area is 91.4 Å². The van der Waals surface area contributed by atoms with E-state index in [0.29, 0.717) is 13.0 Å². The Kier molecular flexibility index (Phi) is 4.54. The van der Waals surface area contributed by atoms with Gasteiger partial charge in [0.05, 0.1) is 6.54 Å². The molecule has 1 aliphatic carbocycles. The van der Waals surface area contributed by atoms with Crippen LogP contribution in [0.25, 0.3) is 0 Å². The largest absolute Gasteiger partial charge is 0.396 e. The lowest BCUT2D eigenvalue weighted by molar-refractivity contribution is -0.121. The fraction of sp³-hybridized carbons (Fsp3) is 0.909. The number of amides is 1. The van der Waals surface area contributed by atoms with E-state index < -0.39 is 0 Å². The van der Waals surface area contributed by atoms with Gasteiger partial charge in [0, 0.05) is 12.1 Å². The van der Waals surface area contributed by atoms with Crippen LogP contribution < -0.4 is 10.6 Å². The minimum absolute atomic E-state index is 0.00843. The molecule has 0 bridgehead atoms. The second kappa shape index (κ2) is 5.47. The maximum absolute atomic E-state index is 11.5. The third-order valence-electron chi connectivity index (χ3n) is 2.63. The van der Waals surface area contributed by atoms with Crippen molar-refractivity contribution in [3.63, 3.8) is 0 Å². The molecular weight excluding hydrogens is 192 g/mol. The standard InChI is InChI=1S/C11H22N2O2/c1-11(2,5-6-14)13-10(15)8-12-7-9-3-4-9/h9,12,14H,3-8H2,1-2H3,(H,13,15). The summed E-state index contributed by atoms with van der Waals surface area (Å²) < 4.78 is 0. The minimum Gasteiger partial charge on any atom is -0.396 e. The van der Waals surface area contributed by atoms with Crippen molar-refractivity contribution in [3.05, 3.63) is 0 Å². The maximum atomic E-state index is 11.5. The highest BCUT2D eigenvalue weighted by atomic mass is 16.3. The van der Waals surface area contributed by atoms with E-state index in [1.165, 1.54) is 12.8 Å². The van der Waals surface area contributed by atoms with Crippen molar-refractivity contribution in [2.45, 2.75) is 38.6 Å². The summed E-state index contributed by atoms with van der Waals surface area (Å²) in [6.45, 7) is 5.27. The van der Waals surface area contributed by atoms with Crippen molar-refractivity contribution in [2.24, 2.45) is 5.92 Å². The molecule has 15 heavy (non-hydrogen) atoms. The summed E-state index contributed by atoms with van der Waals surface area (Å²) in [6, 6.07) is 0. The fourth-order valence-corrected chi connectivity index (χ4v) is 1.48. The molecule has 4 heteroatoms. The van der Waals surface area contributed by atoms with Crippen molar-refractivity contribution in [1.29, 1.82) is 0 Å². The lowest BCUT2D eigenvalue weighted by Gasteiger charge is -2.25. The molecule has 1 amide bonds. The number of nitrogens with one attached hydrogen (secondary N) is 2. The van der Waals surface area contributed by atoms with E-state index in [0.717, 1.165) is 12.5 Å². The number of carbonyl (C=O) groups excluding carboxylic acids is 1. The summed E-state index contributed by atoms with van der Waals surface area (Å²) >= 11 is 0. The van der Waals surface area contributed by atoms with E-state index in [1.807, 2.05) is 13.8 Å². The molecule has 0 heterocycles. The first-order chi connectivity index (χ1) is 7.03. The summed E-state index contributed by atoms with van der Waals surface area (Å²) in [5, 5.41) is 14.8. The highest BCUT2D eigenvalue weighted by molar-refractivity contribution is 5.78.